The first-order valence-electron chi connectivity index (χ1n) is 7.46. The molecule has 0 saturated heterocycles. The third-order valence-electron chi connectivity index (χ3n) is 4.39. The number of nitrogens with zero attached hydrogens (tertiary/aromatic N) is 2. The third-order valence-corrected chi connectivity index (χ3v) is 4.39. The van der Waals surface area contributed by atoms with Crippen molar-refractivity contribution in [2.24, 2.45) is 17.8 Å². The molecule has 2 aliphatic rings. The van der Waals surface area contributed by atoms with Crippen molar-refractivity contribution < 1.29 is 9.47 Å². The van der Waals surface area contributed by atoms with Gasteiger partial charge in [0.1, 0.15) is 6.33 Å². The molecule has 0 bridgehead atoms. The Morgan fingerprint density at radius 1 is 1.10 bits per heavy atom. The monoisotopic (exact) mass is 277 g/mol. The SMILES string of the molecule is COc1ncnc(OC)c1CNCC(C1CC1)C1CC1. The number of nitrogens with one attached hydrogen (secondary N) is 1. The summed E-state index contributed by atoms with van der Waals surface area (Å²) in [6.45, 7) is 1.78. The number of rotatable bonds is 8. The Hall–Kier alpha value is -1.36. The van der Waals surface area contributed by atoms with Gasteiger partial charge in [0.05, 0.1) is 19.8 Å². The van der Waals surface area contributed by atoms with E-state index in [9.17, 15) is 0 Å². The van der Waals surface area contributed by atoms with Crippen LogP contribution in [0, 0.1) is 17.8 Å². The number of hydrogen-bond donors (Lipinski definition) is 1. The minimum atomic E-state index is 0.596. The van der Waals surface area contributed by atoms with E-state index in [1.807, 2.05) is 0 Å². The fraction of sp³-hybridized carbons (Fsp3) is 0.733. The highest BCUT2D eigenvalue weighted by atomic mass is 16.5. The second-order valence-corrected chi connectivity index (χ2v) is 5.84. The Labute approximate surface area is 120 Å². The van der Waals surface area contributed by atoms with E-state index in [4.69, 9.17) is 9.47 Å². The molecule has 5 heteroatoms. The van der Waals surface area contributed by atoms with Crippen LogP contribution < -0.4 is 14.8 Å². The van der Waals surface area contributed by atoms with Crippen LogP contribution >= 0.6 is 0 Å². The fourth-order valence-electron chi connectivity index (χ4n) is 3.01. The van der Waals surface area contributed by atoms with Gasteiger partial charge in [0.2, 0.25) is 11.8 Å². The van der Waals surface area contributed by atoms with E-state index in [-0.39, 0.29) is 0 Å². The van der Waals surface area contributed by atoms with Crippen LogP contribution in [0.2, 0.25) is 0 Å². The first kappa shape index (κ1) is 13.6. The van der Waals surface area contributed by atoms with Crippen molar-refractivity contribution in [3.8, 4) is 11.8 Å². The average molecular weight is 277 g/mol. The lowest BCUT2D eigenvalue weighted by molar-refractivity contribution is 0.349. The number of ether oxygens (including phenoxy) is 2. The van der Waals surface area contributed by atoms with Gasteiger partial charge in [-0.3, -0.25) is 0 Å². The zero-order valence-electron chi connectivity index (χ0n) is 12.3. The largest absolute Gasteiger partial charge is 0.481 e. The lowest BCUT2D eigenvalue weighted by Crippen LogP contribution is -2.25. The molecule has 0 aliphatic heterocycles. The molecule has 110 valence electrons. The summed E-state index contributed by atoms with van der Waals surface area (Å²) < 4.78 is 10.6. The van der Waals surface area contributed by atoms with Crippen LogP contribution in [0.25, 0.3) is 0 Å². The van der Waals surface area contributed by atoms with Gasteiger partial charge < -0.3 is 14.8 Å². The van der Waals surface area contributed by atoms with Crippen LogP contribution in [0.15, 0.2) is 6.33 Å². The molecular weight excluding hydrogens is 254 g/mol. The summed E-state index contributed by atoms with van der Waals surface area (Å²) in [6, 6.07) is 0. The van der Waals surface area contributed by atoms with E-state index < -0.39 is 0 Å². The molecule has 2 saturated carbocycles. The molecule has 3 rings (SSSR count). The van der Waals surface area contributed by atoms with Crippen LogP contribution in [0.3, 0.4) is 0 Å². The smallest absolute Gasteiger partial charge is 0.224 e. The molecule has 1 aromatic heterocycles. The van der Waals surface area contributed by atoms with Crippen molar-refractivity contribution in [1.82, 2.24) is 15.3 Å². The molecule has 0 radical (unpaired) electrons. The first-order valence-corrected chi connectivity index (χ1v) is 7.46. The average Bonchev–Trinajstić information content (AvgIpc) is 3.36. The van der Waals surface area contributed by atoms with E-state index in [0.717, 1.165) is 29.9 Å². The summed E-state index contributed by atoms with van der Waals surface area (Å²) in [4.78, 5) is 8.29. The lowest BCUT2D eigenvalue weighted by Gasteiger charge is -2.17. The lowest BCUT2D eigenvalue weighted by atomic mass is 9.98. The summed E-state index contributed by atoms with van der Waals surface area (Å²) >= 11 is 0. The Morgan fingerprint density at radius 2 is 1.65 bits per heavy atom. The van der Waals surface area contributed by atoms with Gasteiger partial charge in [0.15, 0.2) is 0 Å². The van der Waals surface area contributed by atoms with Gasteiger partial charge in [0, 0.05) is 6.54 Å². The Kier molecular flexibility index (Phi) is 4.05. The minimum Gasteiger partial charge on any atom is -0.481 e. The summed E-state index contributed by atoms with van der Waals surface area (Å²) in [5.41, 5.74) is 0.905. The van der Waals surface area contributed by atoms with E-state index in [1.54, 1.807) is 14.2 Å². The molecule has 20 heavy (non-hydrogen) atoms. The normalized spacial score (nSPS) is 18.4. The molecule has 1 heterocycles. The highest BCUT2D eigenvalue weighted by molar-refractivity contribution is 5.34. The van der Waals surface area contributed by atoms with Gasteiger partial charge in [0.25, 0.3) is 0 Å². The van der Waals surface area contributed by atoms with Crippen LogP contribution in [0.4, 0.5) is 0 Å². The molecule has 0 unspecified atom stereocenters. The van der Waals surface area contributed by atoms with Gasteiger partial charge in [-0.25, -0.2) is 9.97 Å². The van der Waals surface area contributed by atoms with E-state index in [1.165, 1.54) is 32.0 Å². The summed E-state index contributed by atoms with van der Waals surface area (Å²) in [7, 11) is 3.25. The first-order chi connectivity index (χ1) is 9.83. The van der Waals surface area contributed by atoms with Gasteiger partial charge in [-0.1, -0.05) is 0 Å². The Balaban J connectivity index is 1.59. The molecule has 0 amide bonds. The molecule has 0 spiro atoms. The van der Waals surface area contributed by atoms with Crippen LogP contribution in [0.1, 0.15) is 31.2 Å². The summed E-state index contributed by atoms with van der Waals surface area (Å²) in [6.07, 6.45) is 7.15. The van der Waals surface area contributed by atoms with Gasteiger partial charge in [-0.2, -0.15) is 0 Å². The third kappa shape index (κ3) is 3.03. The Morgan fingerprint density at radius 3 is 2.10 bits per heavy atom. The van der Waals surface area contributed by atoms with Crippen molar-refractivity contribution in [2.75, 3.05) is 20.8 Å². The summed E-state index contributed by atoms with van der Waals surface area (Å²) in [5, 5.41) is 3.55. The maximum absolute atomic E-state index is 5.29. The maximum Gasteiger partial charge on any atom is 0.224 e. The fourth-order valence-corrected chi connectivity index (χ4v) is 3.01. The highest BCUT2D eigenvalue weighted by Crippen LogP contribution is 2.48. The van der Waals surface area contributed by atoms with Crippen molar-refractivity contribution in [3.05, 3.63) is 11.9 Å². The predicted molar refractivity (Wildman–Crippen MR) is 75.8 cm³/mol. The van der Waals surface area contributed by atoms with Crippen molar-refractivity contribution in [2.45, 2.75) is 32.2 Å². The molecule has 0 atom stereocenters. The van der Waals surface area contributed by atoms with Crippen LogP contribution in [-0.2, 0) is 6.54 Å². The molecule has 2 fully saturated rings. The predicted octanol–water partition coefficient (Wildman–Crippen LogP) is 2.02. The van der Waals surface area contributed by atoms with Gasteiger partial charge in [-0.05, 0) is 50.0 Å². The molecule has 1 N–H and O–H groups in total. The van der Waals surface area contributed by atoms with E-state index >= 15 is 0 Å². The second kappa shape index (κ2) is 5.95. The summed E-state index contributed by atoms with van der Waals surface area (Å²) in [5.74, 6) is 3.98. The molecule has 2 aliphatic carbocycles. The van der Waals surface area contributed by atoms with Crippen molar-refractivity contribution >= 4 is 0 Å². The van der Waals surface area contributed by atoms with Gasteiger partial charge >= 0.3 is 0 Å². The molecule has 0 aromatic carbocycles. The number of aromatic nitrogens is 2. The Bertz CT molecular complexity index is 424. The quantitative estimate of drug-likeness (QED) is 0.788. The zero-order chi connectivity index (χ0) is 13.9. The van der Waals surface area contributed by atoms with Gasteiger partial charge in [-0.15, -0.1) is 0 Å². The van der Waals surface area contributed by atoms with Crippen LogP contribution in [0.5, 0.6) is 11.8 Å². The molecular formula is C15H23N3O2. The number of hydrogen-bond acceptors (Lipinski definition) is 5. The van der Waals surface area contributed by atoms with Crippen molar-refractivity contribution in [1.29, 1.82) is 0 Å². The molecule has 5 nitrogen and oxygen atoms in total. The van der Waals surface area contributed by atoms with Crippen LogP contribution in [-0.4, -0.2) is 30.7 Å². The number of methoxy groups -OCH3 is 2. The topological polar surface area (TPSA) is 56.3 Å². The van der Waals surface area contributed by atoms with E-state index in [2.05, 4.69) is 15.3 Å². The van der Waals surface area contributed by atoms with E-state index in [0.29, 0.717) is 18.3 Å². The van der Waals surface area contributed by atoms with Crippen molar-refractivity contribution in [3.63, 3.8) is 0 Å². The minimum absolute atomic E-state index is 0.596. The second-order valence-electron chi connectivity index (χ2n) is 5.84. The highest BCUT2D eigenvalue weighted by Gasteiger charge is 2.40. The maximum atomic E-state index is 5.29. The zero-order valence-corrected chi connectivity index (χ0v) is 12.3. The standard InChI is InChI=1S/C15H23N3O2/c1-19-14-13(15(20-2)18-9-17-14)8-16-7-12(10-3-4-10)11-5-6-11/h9-12,16H,3-8H2,1-2H3. The molecule has 1 aromatic rings.